The third-order valence-corrected chi connectivity index (χ3v) is 2.85. The van der Waals surface area contributed by atoms with Crippen LogP contribution in [0.2, 0.25) is 5.02 Å². The molecule has 0 aliphatic carbocycles. The van der Waals surface area contributed by atoms with Gasteiger partial charge in [-0.25, -0.2) is 8.78 Å². The Morgan fingerprint density at radius 1 is 1.16 bits per heavy atom. The van der Waals surface area contributed by atoms with Gasteiger partial charge in [0.15, 0.2) is 11.6 Å². The highest BCUT2D eigenvalue weighted by Gasteiger charge is 2.14. The Morgan fingerprint density at radius 3 is 2.58 bits per heavy atom. The summed E-state index contributed by atoms with van der Waals surface area (Å²) in [6.45, 7) is 0. The molecule has 0 saturated heterocycles. The number of halogens is 3. The molecule has 2 aromatic rings. The van der Waals surface area contributed by atoms with E-state index >= 15 is 0 Å². The molecule has 0 fully saturated rings. The largest absolute Gasteiger partial charge is 0.453 e. The van der Waals surface area contributed by atoms with Gasteiger partial charge >= 0.3 is 0 Å². The molecule has 6 heteroatoms. The van der Waals surface area contributed by atoms with Crippen LogP contribution in [0.5, 0.6) is 11.5 Å². The van der Waals surface area contributed by atoms with Crippen molar-refractivity contribution in [1.82, 2.24) is 0 Å². The van der Waals surface area contributed by atoms with Crippen molar-refractivity contribution in [3.05, 3.63) is 58.6 Å². The van der Waals surface area contributed by atoms with Gasteiger partial charge in [0.25, 0.3) is 0 Å². The van der Waals surface area contributed by atoms with Gasteiger partial charge in [0.1, 0.15) is 16.6 Å². The van der Waals surface area contributed by atoms with Crippen LogP contribution >= 0.6 is 23.8 Å². The molecule has 19 heavy (non-hydrogen) atoms. The van der Waals surface area contributed by atoms with Crippen LogP contribution in [0.4, 0.5) is 8.78 Å². The maximum Gasteiger partial charge on any atom is 0.166 e. The number of hydrogen-bond donors (Lipinski definition) is 1. The number of rotatable bonds is 3. The maximum atomic E-state index is 13.5. The van der Waals surface area contributed by atoms with Crippen LogP contribution in [0.3, 0.4) is 0 Å². The molecule has 0 spiro atoms. The summed E-state index contributed by atoms with van der Waals surface area (Å²) in [4.78, 5) is 0.0115. The second kappa shape index (κ2) is 5.50. The molecular formula is C13H8ClF2NOS. The molecule has 0 unspecified atom stereocenters. The van der Waals surface area contributed by atoms with Gasteiger partial charge in [0, 0.05) is 6.07 Å². The zero-order valence-electron chi connectivity index (χ0n) is 9.49. The molecule has 0 heterocycles. The third kappa shape index (κ3) is 3.00. The lowest BCUT2D eigenvalue weighted by molar-refractivity contribution is 0.436. The minimum absolute atomic E-state index is 0.0115. The molecule has 0 aliphatic heterocycles. The monoisotopic (exact) mass is 299 g/mol. The van der Waals surface area contributed by atoms with Crippen LogP contribution in [-0.4, -0.2) is 4.99 Å². The van der Waals surface area contributed by atoms with Crippen molar-refractivity contribution in [3.63, 3.8) is 0 Å². The molecule has 0 bridgehead atoms. The smallest absolute Gasteiger partial charge is 0.166 e. The Bertz CT molecular complexity index is 649. The van der Waals surface area contributed by atoms with Crippen LogP contribution in [0.15, 0.2) is 36.4 Å². The Morgan fingerprint density at radius 2 is 1.89 bits per heavy atom. The van der Waals surface area contributed by atoms with Gasteiger partial charge in [0.05, 0.1) is 10.6 Å². The Hall–Kier alpha value is -1.72. The normalized spacial score (nSPS) is 10.3. The fourth-order valence-corrected chi connectivity index (χ4v) is 2.04. The molecule has 0 aromatic heterocycles. The average Bonchev–Trinajstić information content (AvgIpc) is 2.33. The van der Waals surface area contributed by atoms with E-state index in [-0.39, 0.29) is 27.1 Å². The molecular weight excluding hydrogens is 292 g/mol. The van der Waals surface area contributed by atoms with E-state index in [1.54, 1.807) is 12.1 Å². The zero-order chi connectivity index (χ0) is 14.0. The number of ether oxygens (including phenoxy) is 1. The van der Waals surface area contributed by atoms with Gasteiger partial charge in [-0.05, 0) is 24.3 Å². The van der Waals surface area contributed by atoms with E-state index in [0.29, 0.717) is 0 Å². The quantitative estimate of drug-likeness (QED) is 0.869. The van der Waals surface area contributed by atoms with E-state index in [0.717, 1.165) is 18.2 Å². The Kier molecular flexibility index (Phi) is 3.97. The first kappa shape index (κ1) is 13.7. The van der Waals surface area contributed by atoms with E-state index in [4.69, 9.17) is 34.3 Å². The molecule has 0 amide bonds. The molecule has 2 aromatic carbocycles. The lowest BCUT2D eigenvalue weighted by Crippen LogP contribution is -2.11. The van der Waals surface area contributed by atoms with Gasteiger partial charge in [0.2, 0.25) is 0 Å². The number of nitrogens with two attached hydrogens (primary N) is 1. The van der Waals surface area contributed by atoms with E-state index < -0.39 is 11.6 Å². The van der Waals surface area contributed by atoms with Gasteiger partial charge < -0.3 is 10.5 Å². The van der Waals surface area contributed by atoms with Gasteiger partial charge in [-0.1, -0.05) is 29.9 Å². The zero-order valence-corrected chi connectivity index (χ0v) is 11.1. The van der Waals surface area contributed by atoms with E-state index in [1.165, 1.54) is 6.07 Å². The Labute approximate surface area is 118 Å². The molecule has 2 rings (SSSR count). The summed E-state index contributed by atoms with van der Waals surface area (Å²) in [5.41, 5.74) is 5.82. The first-order valence-electron chi connectivity index (χ1n) is 5.20. The second-order valence-electron chi connectivity index (χ2n) is 3.65. The average molecular weight is 300 g/mol. The summed E-state index contributed by atoms with van der Waals surface area (Å²) in [7, 11) is 0. The fourth-order valence-electron chi connectivity index (χ4n) is 1.50. The van der Waals surface area contributed by atoms with Crippen molar-refractivity contribution < 1.29 is 13.5 Å². The molecule has 2 N–H and O–H groups in total. The molecule has 0 aliphatic rings. The molecule has 0 saturated carbocycles. The minimum Gasteiger partial charge on any atom is -0.453 e. The summed E-state index contributed by atoms with van der Waals surface area (Å²) >= 11 is 10.8. The van der Waals surface area contributed by atoms with Gasteiger partial charge in [-0.3, -0.25) is 0 Å². The topological polar surface area (TPSA) is 35.2 Å². The van der Waals surface area contributed by atoms with Gasteiger partial charge in [-0.15, -0.1) is 0 Å². The first-order valence-corrected chi connectivity index (χ1v) is 5.99. The van der Waals surface area contributed by atoms with Crippen molar-refractivity contribution in [3.8, 4) is 11.5 Å². The highest BCUT2D eigenvalue weighted by molar-refractivity contribution is 7.80. The lowest BCUT2D eigenvalue weighted by Gasteiger charge is -2.12. The van der Waals surface area contributed by atoms with Crippen molar-refractivity contribution in [2.75, 3.05) is 0 Å². The standard InChI is InChI=1S/C13H8ClF2NOS/c14-8-2-1-3-10(12(8)13(17)19)18-11-6-7(15)4-5-9(11)16/h1-6H,(H2,17,19). The number of hydrogen-bond acceptors (Lipinski definition) is 2. The SMILES string of the molecule is NC(=S)c1c(Cl)cccc1Oc1cc(F)ccc1F. The summed E-state index contributed by atoms with van der Waals surface area (Å²) in [6.07, 6.45) is 0. The predicted octanol–water partition coefficient (Wildman–Crippen LogP) is 4.04. The van der Waals surface area contributed by atoms with E-state index in [1.807, 2.05) is 0 Å². The summed E-state index contributed by atoms with van der Waals surface area (Å²) in [5.74, 6) is -1.41. The predicted molar refractivity (Wildman–Crippen MR) is 73.8 cm³/mol. The highest BCUT2D eigenvalue weighted by Crippen LogP contribution is 2.31. The second-order valence-corrected chi connectivity index (χ2v) is 4.50. The van der Waals surface area contributed by atoms with Crippen molar-refractivity contribution in [1.29, 1.82) is 0 Å². The van der Waals surface area contributed by atoms with Gasteiger partial charge in [-0.2, -0.15) is 0 Å². The first-order chi connectivity index (χ1) is 8.99. The number of thiocarbonyl (C=S) groups is 1. The minimum atomic E-state index is -0.699. The number of benzene rings is 2. The fraction of sp³-hybridized carbons (Fsp3) is 0. The molecule has 0 atom stereocenters. The summed E-state index contributed by atoms with van der Waals surface area (Å²) < 4.78 is 31.9. The van der Waals surface area contributed by atoms with E-state index in [2.05, 4.69) is 0 Å². The molecule has 0 radical (unpaired) electrons. The molecule has 2 nitrogen and oxygen atoms in total. The van der Waals surface area contributed by atoms with Crippen molar-refractivity contribution >= 4 is 28.8 Å². The maximum absolute atomic E-state index is 13.5. The third-order valence-electron chi connectivity index (χ3n) is 2.33. The van der Waals surface area contributed by atoms with Crippen LogP contribution in [0, 0.1) is 11.6 Å². The summed E-state index contributed by atoms with van der Waals surface area (Å²) in [6, 6.07) is 7.58. The van der Waals surface area contributed by atoms with Crippen LogP contribution in [0.25, 0.3) is 0 Å². The van der Waals surface area contributed by atoms with Crippen molar-refractivity contribution in [2.45, 2.75) is 0 Å². The lowest BCUT2D eigenvalue weighted by atomic mass is 10.2. The van der Waals surface area contributed by atoms with Crippen LogP contribution < -0.4 is 10.5 Å². The summed E-state index contributed by atoms with van der Waals surface area (Å²) in [5, 5.41) is 0.279. The Balaban J connectivity index is 2.46. The highest BCUT2D eigenvalue weighted by atomic mass is 35.5. The van der Waals surface area contributed by atoms with Crippen molar-refractivity contribution in [2.24, 2.45) is 5.73 Å². The van der Waals surface area contributed by atoms with Crippen LogP contribution in [0.1, 0.15) is 5.56 Å². The van der Waals surface area contributed by atoms with E-state index in [9.17, 15) is 8.78 Å². The molecule has 98 valence electrons. The van der Waals surface area contributed by atoms with Crippen LogP contribution in [-0.2, 0) is 0 Å².